The number of aryl methyl sites for hydroxylation is 1. The van der Waals surface area contributed by atoms with Gasteiger partial charge in [-0.05, 0) is 36.8 Å². The Morgan fingerprint density at radius 2 is 2.07 bits per heavy atom. The number of hydrogen-bond acceptors (Lipinski definition) is 6. The molecule has 2 aromatic heterocycles. The molecule has 0 unspecified atom stereocenters. The number of anilines is 1. The van der Waals surface area contributed by atoms with E-state index in [2.05, 4.69) is 20.0 Å². The number of thiazole rings is 1. The van der Waals surface area contributed by atoms with Crippen molar-refractivity contribution in [3.05, 3.63) is 59.2 Å². The van der Waals surface area contributed by atoms with E-state index in [0.29, 0.717) is 16.4 Å². The number of carbonyl (C=O) groups is 1. The van der Waals surface area contributed by atoms with E-state index in [1.54, 1.807) is 32.3 Å². The van der Waals surface area contributed by atoms with E-state index in [0.717, 1.165) is 5.56 Å². The standard InChI is InChI=1S/C18H18N4O3S2/c1-3-20-27(24,25)14-7-6-12(2)15(9-14)17(23)22-18-21-16(11-26-18)13-5-4-8-19-10-13/h4-11,20H,3H2,1-2H3,(H,21,22,23). The highest BCUT2D eigenvalue weighted by molar-refractivity contribution is 7.89. The summed E-state index contributed by atoms with van der Waals surface area (Å²) in [5.74, 6) is -0.409. The van der Waals surface area contributed by atoms with Crippen LogP contribution in [0.15, 0.2) is 53.0 Å². The molecule has 140 valence electrons. The first kappa shape index (κ1) is 19.2. The molecule has 0 spiro atoms. The van der Waals surface area contributed by atoms with E-state index in [1.807, 2.05) is 17.5 Å². The molecule has 0 aliphatic rings. The van der Waals surface area contributed by atoms with E-state index >= 15 is 0 Å². The maximum atomic E-state index is 12.6. The monoisotopic (exact) mass is 402 g/mol. The van der Waals surface area contributed by atoms with Crippen molar-refractivity contribution in [2.75, 3.05) is 11.9 Å². The molecule has 7 nitrogen and oxygen atoms in total. The number of pyridine rings is 1. The Morgan fingerprint density at radius 1 is 1.26 bits per heavy atom. The first-order valence-electron chi connectivity index (χ1n) is 8.18. The zero-order chi connectivity index (χ0) is 19.4. The predicted molar refractivity (Wildman–Crippen MR) is 105 cm³/mol. The molecule has 0 aliphatic heterocycles. The van der Waals surface area contributed by atoms with Crippen molar-refractivity contribution in [3.63, 3.8) is 0 Å². The van der Waals surface area contributed by atoms with Gasteiger partial charge >= 0.3 is 0 Å². The topological polar surface area (TPSA) is 101 Å². The summed E-state index contributed by atoms with van der Waals surface area (Å²) in [6, 6.07) is 8.16. The molecule has 27 heavy (non-hydrogen) atoms. The average Bonchev–Trinajstić information content (AvgIpc) is 3.11. The predicted octanol–water partition coefficient (Wildman–Crippen LogP) is 3.06. The molecular formula is C18H18N4O3S2. The van der Waals surface area contributed by atoms with Gasteiger partial charge in [0.15, 0.2) is 5.13 Å². The highest BCUT2D eigenvalue weighted by Crippen LogP contribution is 2.25. The molecule has 3 aromatic rings. The third kappa shape index (κ3) is 4.38. The van der Waals surface area contributed by atoms with Crippen LogP contribution in [0.3, 0.4) is 0 Å². The zero-order valence-electron chi connectivity index (χ0n) is 14.8. The molecule has 0 bridgehead atoms. The van der Waals surface area contributed by atoms with Crippen LogP contribution in [-0.4, -0.2) is 30.8 Å². The van der Waals surface area contributed by atoms with Crippen LogP contribution in [0.5, 0.6) is 0 Å². The lowest BCUT2D eigenvalue weighted by Crippen LogP contribution is -2.24. The van der Waals surface area contributed by atoms with E-state index < -0.39 is 15.9 Å². The van der Waals surface area contributed by atoms with Gasteiger partial charge in [-0.3, -0.25) is 15.1 Å². The smallest absolute Gasteiger partial charge is 0.257 e. The van der Waals surface area contributed by atoms with Gasteiger partial charge in [0.1, 0.15) is 0 Å². The van der Waals surface area contributed by atoms with Crippen LogP contribution in [0.1, 0.15) is 22.8 Å². The average molecular weight is 403 g/mol. The number of carbonyl (C=O) groups excluding carboxylic acids is 1. The number of nitrogens with one attached hydrogen (secondary N) is 2. The molecule has 0 fully saturated rings. The Hall–Kier alpha value is -2.62. The SMILES string of the molecule is CCNS(=O)(=O)c1ccc(C)c(C(=O)Nc2nc(-c3cccnc3)cs2)c1. The molecule has 2 heterocycles. The fourth-order valence-corrected chi connectivity index (χ4v) is 4.21. The number of aromatic nitrogens is 2. The zero-order valence-corrected chi connectivity index (χ0v) is 16.4. The van der Waals surface area contributed by atoms with Crippen LogP contribution in [0.4, 0.5) is 5.13 Å². The maximum Gasteiger partial charge on any atom is 0.257 e. The molecule has 1 aromatic carbocycles. The quantitative estimate of drug-likeness (QED) is 0.660. The van der Waals surface area contributed by atoms with Crippen LogP contribution in [-0.2, 0) is 10.0 Å². The summed E-state index contributed by atoms with van der Waals surface area (Å²) in [4.78, 5) is 21.1. The van der Waals surface area contributed by atoms with Crippen LogP contribution in [0.25, 0.3) is 11.3 Å². The molecule has 0 saturated heterocycles. The fraction of sp³-hybridized carbons (Fsp3) is 0.167. The van der Waals surface area contributed by atoms with Crippen molar-refractivity contribution in [3.8, 4) is 11.3 Å². The lowest BCUT2D eigenvalue weighted by Gasteiger charge is -2.09. The van der Waals surface area contributed by atoms with Crippen molar-refractivity contribution in [1.82, 2.24) is 14.7 Å². The third-order valence-electron chi connectivity index (χ3n) is 3.78. The van der Waals surface area contributed by atoms with Crippen LogP contribution in [0, 0.1) is 6.92 Å². The largest absolute Gasteiger partial charge is 0.298 e. The molecule has 0 atom stereocenters. The fourth-order valence-electron chi connectivity index (χ4n) is 2.43. The Labute approximate surface area is 161 Å². The van der Waals surface area contributed by atoms with Crippen LogP contribution >= 0.6 is 11.3 Å². The number of rotatable bonds is 6. The normalized spacial score (nSPS) is 11.3. The first-order valence-corrected chi connectivity index (χ1v) is 10.5. The lowest BCUT2D eigenvalue weighted by molar-refractivity contribution is 0.102. The minimum absolute atomic E-state index is 0.0512. The van der Waals surface area contributed by atoms with Gasteiger partial charge in [-0.2, -0.15) is 0 Å². The molecule has 3 rings (SSSR count). The molecule has 0 aliphatic carbocycles. The van der Waals surface area contributed by atoms with Gasteiger partial charge < -0.3 is 0 Å². The van der Waals surface area contributed by atoms with E-state index in [1.165, 1.54) is 23.5 Å². The minimum Gasteiger partial charge on any atom is -0.298 e. The second-order valence-corrected chi connectivity index (χ2v) is 8.34. The van der Waals surface area contributed by atoms with Gasteiger partial charge in [0, 0.05) is 35.4 Å². The van der Waals surface area contributed by atoms with Gasteiger partial charge in [-0.25, -0.2) is 18.1 Å². The second kappa shape index (κ2) is 7.95. The summed E-state index contributed by atoms with van der Waals surface area (Å²) in [5, 5.41) is 4.99. The van der Waals surface area contributed by atoms with Gasteiger partial charge in [0.25, 0.3) is 5.91 Å². The van der Waals surface area contributed by atoms with Crippen molar-refractivity contribution in [1.29, 1.82) is 0 Å². The molecule has 0 saturated carbocycles. The summed E-state index contributed by atoms with van der Waals surface area (Å²) in [5.41, 5.74) is 2.52. The van der Waals surface area contributed by atoms with Gasteiger partial charge in [0.2, 0.25) is 10.0 Å². The number of amides is 1. The highest BCUT2D eigenvalue weighted by Gasteiger charge is 2.18. The van der Waals surface area contributed by atoms with Crippen molar-refractivity contribution in [2.24, 2.45) is 0 Å². The summed E-state index contributed by atoms with van der Waals surface area (Å²) in [7, 11) is -3.64. The van der Waals surface area contributed by atoms with Gasteiger partial charge in [0.05, 0.1) is 10.6 Å². The van der Waals surface area contributed by atoms with Gasteiger partial charge in [-0.15, -0.1) is 11.3 Å². The molecule has 0 radical (unpaired) electrons. The number of sulfonamides is 1. The Bertz CT molecular complexity index is 1060. The van der Waals surface area contributed by atoms with Crippen molar-refractivity contribution < 1.29 is 13.2 Å². The summed E-state index contributed by atoms with van der Waals surface area (Å²) < 4.78 is 26.8. The molecular weight excluding hydrogens is 384 g/mol. The third-order valence-corrected chi connectivity index (χ3v) is 6.08. The summed E-state index contributed by atoms with van der Waals surface area (Å²) >= 11 is 1.29. The van der Waals surface area contributed by atoms with E-state index in [-0.39, 0.29) is 17.0 Å². The van der Waals surface area contributed by atoms with Gasteiger partial charge in [-0.1, -0.05) is 13.0 Å². The van der Waals surface area contributed by atoms with E-state index in [9.17, 15) is 13.2 Å². The molecule has 1 amide bonds. The molecule has 2 N–H and O–H groups in total. The number of benzene rings is 1. The minimum atomic E-state index is -3.64. The Morgan fingerprint density at radius 3 is 2.78 bits per heavy atom. The van der Waals surface area contributed by atoms with Crippen molar-refractivity contribution >= 4 is 32.4 Å². The maximum absolute atomic E-state index is 12.6. The van der Waals surface area contributed by atoms with Crippen LogP contribution < -0.4 is 10.0 Å². The molecule has 9 heteroatoms. The first-order chi connectivity index (χ1) is 12.9. The second-order valence-electron chi connectivity index (χ2n) is 5.71. The summed E-state index contributed by atoms with van der Waals surface area (Å²) in [6.45, 7) is 3.72. The number of hydrogen-bond donors (Lipinski definition) is 2. The highest BCUT2D eigenvalue weighted by atomic mass is 32.2. The van der Waals surface area contributed by atoms with Crippen molar-refractivity contribution in [2.45, 2.75) is 18.7 Å². The number of nitrogens with zero attached hydrogens (tertiary/aromatic N) is 2. The Kier molecular flexibility index (Phi) is 5.64. The lowest BCUT2D eigenvalue weighted by atomic mass is 10.1. The summed E-state index contributed by atoms with van der Waals surface area (Å²) in [6.07, 6.45) is 3.37. The van der Waals surface area contributed by atoms with Crippen LogP contribution in [0.2, 0.25) is 0 Å². The Balaban J connectivity index is 1.84. The van der Waals surface area contributed by atoms with E-state index in [4.69, 9.17) is 0 Å².